The number of benzene rings is 2. The highest BCUT2D eigenvalue weighted by Crippen LogP contribution is 2.21. The zero-order valence-corrected chi connectivity index (χ0v) is 12.4. The Labute approximate surface area is 128 Å². The van der Waals surface area contributed by atoms with Crippen LogP contribution in [0.4, 0.5) is 4.39 Å². The van der Waals surface area contributed by atoms with Crippen LogP contribution in [0.1, 0.15) is 25.0 Å². The maximum absolute atomic E-state index is 12.9. The Kier molecular flexibility index (Phi) is 4.94. The lowest BCUT2D eigenvalue weighted by molar-refractivity contribution is -0.130. The molecule has 0 heterocycles. The van der Waals surface area contributed by atoms with Crippen molar-refractivity contribution in [1.29, 1.82) is 0 Å². The Morgan fingerprint density at radius 2 is 1.68 bits per heavy atom. The average molecular weight is 300 g/mol. The fourth-order valence-corrected chi connectivity index (χ4v) is 1.98. The Morgan fingerprint density at radius 1 is 1.09 bits per heavy atom. The van der Waals surface area contributed by atoms with Crippen LogP contribution in [0.15, 0.2) is 48.5 Å². The van der Waals surface area contributed by atoms with Crippen molar-refractivity contribution >= 4 is 17.6 Å². The monoisotopic (exact) mass is 300 g/mol. The van der Waals surface area contributed by atoms with E-state index in [4.69, 9.17) is 4.74 Å². The summed E-state index contributed by atoms with van der Waals surface area (Å²) in [7, 11) is 0. The quantitative estimate of drug-likeness (QED) is 0.663. The van der Waals surface area contributed by atoms with Gasteiger partial charge in [-0.15, -0.1) is 0 Å². The molecule has 1 N–H and O–H groups in total. The molecule has 0 radical (unpaired) electrons. The van der Waals surface area contributed by atoms with Crippen LogP contribution >= 0.6 is 0 Å². The van der Waals surface area contributed by atoms with Gasteiger partial charge in [-0.3, -0.25) is 0 Å². The van der Waals surface area contributed by atoms with Gasteiger partial charge in [0.2, 0.25) is 0 Å². The van der Waals surface area contributed by atoms with Crippen molar-refractivity contribution in [1.82, 2.24) is 0 Å². The zero-order valence-electron chi connectivity index (χ0n) is 12.4. The van der Waals surface area contributed by atoms with E-state index in [0.717, 1.165) is 11.3 Å². The Balaban J connectivity index is 2.30. The van der Waals surface area contributed by atoms with E-state index in [9.17, 15) is 14.3 Å². The van der Waals surface area contributed by atoms with E-state index in [-0.39, 0.29) is 11.7 Å². The van der Waals surface area contributed by atoms with Gasteiger partial charge < -0.3 is 9.84 Å². The van der Waals surface area contributed by atoms with Crippen molar-refractivity contribution in [2.24, 2.45) is 0 Å². The van der Waals surface area contributed by atoms with Gasteiger partial charge in [0.05, 0.1) is 11.7 Å². The number of hydrogen-bond acceptors (Lipinski definition) is 2. The third-order valence-corrected chi connectivity index (χ3v) is 2.95. The topological polar surface area (TPSA) is 46.5 Å². The van der Waals surface area contributed by atoms with Gasteiger partial charge in [0.15, 0.2) is 0 Å². The highest BCUT2D eigenvalue weighted by molar-refractivity contribution is 6.20. The second-order valence-corrected chi connectivity index (χ2v) is 5.11. The summed E-state index contributed by atoms with van der Waals surface area (Å²) < 4.78 is 18.5. The molecule has 0 saturated carbocycles. The van der Waals surface area contributed by atoms with E-state index in [0.29, 0.717) is 5.56 Å². The number of carboxylic acid groups (broad SMARTS) is 1. The molecular weight excluding hydrogens is 283 g/mol. The van der Waals surface area contributed by atoms with Crippen LogP contribution in [-0.4, -0.2) is 17.2 Å². The first-order valence-corrected chi connectivity index (χ1v) is 6.93. The van der Waals surface area contributed by atoms with Gasteiger partial charge in [-0.2, -0.15) is 0 Å². The lowest BCUT2D eigenvalue weighted by Crippen LogP contribution is -2.05. The van der Waals surface area contributed by atoms with Gasteiger partial charge in [0.25, 0.3) is 0 Å². The van der Waals surface area contributed by atoms with Crippen molar-refractivity contribution in [2.45, 2.75) is 20.0 Å². The average Bonchev–Trinajstić information content (AvgIpc) is 2.47. The molecule has 0 atom stereocenters. The third kappa shape index (κ3) is 4.19. The SMILES string of the molecule is CC(C)Oc1ccc(/C=C(\C(=O)O)c2ccc(F)cc2)cc1. The molecule has 0 aliphatic heterocycles. The normalized spacial score (nSPS) is 11.5. The van der Waals surface area contributed by atoms with Crippen molar-refractivity contribution < 1.29 is 19.0 Å². The molecule has 0 fully saturated rings. The molecule has 0 unspecified atom stereocenters. The lowest BCUT2D eigenvalue weighted by Gasteiger charge is -2.09. The molecule has 2 aromatic carbocycles. The van der Waals surface area contributed by atoms with Gasteiger partial charge in [0, 0.05) is 0 Å². The van der Waals surface area contributed by atoms with E-state index in [1.54, 1.807) is 30.3 Å². The molecule has 0 aromatic heterocycles. The molecule has 0 amide bonds. The first-order valence-electron chi connectivity index (χ1n) is 6.93. The van der Waals surface area contributed by atoms with Crippen LogP contribution in [0, 0.1) is 5.82 Å². The standard InChI is InChI=1S/C18H17FO3/c1-12(2)22-16-9-3-13(4-10-16)11-17(18(20)21)14-5-7-15(19)8-6-14/h3-12H,1-2H3,(H,20,21)/b17-11-. The molecular formula is C18H17FO3. The second-order valence-electron chi connectivity index (χ2n) is 5.11. The van der Waals surface area contributed by atoms with Crippen LogP contribution in [-0.2, 0) is 4.79 Å². The highest BCUT2D eigenvalue weighted by atomic mass is 19.1. The van der Waals surface area contributed by atoms with E-state index < -0.39 is 11.8 Å². The summed E-state index contributed by atoms with van der Waals surface area (Å²) in [5.41, 5.74) is 1.30. The lowest BCUT2D eigenvalue weighted by atomic mass is 10.0. The number of carboxylic acids is 1. The largest absolute Gasteiger partial charge is 0.491 e. The molecule has 0 aliphatic carbocycles. The summed E-state index contributed by atoms with van der Waals surface area (Å²) in [5, 5.41) is 9.34. The van der Waals surface area contributed by atoms with Crippen LogP contribution in [0.3, 0.4) is 0 Å². The van der Waals surface area contributed by atoms with Crippen LogP contribution in [0.2, 0.25) is 0 Å². The Bertz CT molecular complexity index is 670. The Hall–Kier alpha value is -2.62. The van der Waals surface area contributed by atoms with E-state index >= 15 is 0 Å². The summed E-state index contributed by atoms with van der Waals surface area (Å²) in [5.74, 6) is -0.733. The molecule has 3 nitrogen and oxygen atoms in total. The smallest absolute Gasteiger partial charge is 0.336 e. The van der Waals surface area contributed by atoms with Crippen molar-refractivity contribution in [3.05, 3.63) is 65.5 Å². The van der Waals surface area contributed by atoms with Crippen LogP contribution in [0.25, 0.3) is 11.6 Å². The first-order chi connectivity index (χ1) is 10.5. The number of ether oxygens (including phenoxy) is 1. The van der Waals surface area contributed by atoms with Gasteiger partial charge in [-0.25, -0.2) is 9.18 Å². The molecule has 2 aromatic rings. The highest BCUT2D eigenvalue weighted by Gasteiger charge is 2.10. The van der Waals surface area contributed by atoms with Gasteiger partial charge in [-0.05, 0) is 55.3 Å². The molecule has 0 spiro atoms. The predicted octanol–water partition coefficient (Wildman–Crippen LogP) is 4.24. The molecule has 0 aliphatic rings. The number of aliphatic carboxylic acids is 1. The Morgan fingerprint density at radius 3 is 2.18 bits per heavy atom. The summed E-state index contributed by atoms with van der Waals surface area (Å²) in [6, 6.07) is 12.5. The minimum Gasteiger partial charge on any atom is -0.491 e. The molecule has 22 heavy (non-hydrogen) atoms. The molecule has 2 rings (SSSR count). The maximum Gasteiger partial charge on any atom is 0.336 e. The molecule has 0 bridgehead atoms. The first kappa shape index (κ1) is 15.8. The van der Waals surface area contributed by atoms with Gasteiger partial charge in [0.1, 0.15) is 11.6 Å². The number of halogens is 1. The molecule has 114 valence electrons. The molecule has 0 saturated heterocycles. The minimum absolute atomic E-state index is 0.0789. The number of carbonyl (C=O) groups is 1. The van der Waals surface area contributed by atoms with Crippen molar-refractivity contribution in [3.8, 4) is 5.75 Å². The van der Waals surface area contributed by atoms with Crippen LogP contribution < -0.4 is 4.74 Å². The maximum atomic E-state index is 12.9. The minimum atomic E-state index is -1.06. The van der Waals surface area contributed by atoms with Crippen molar-refractivity contribution in [2.75, 3.05) is 0 Å². The van der Waals surface area contributed by atoms with Crippen molar-refractivity contribution in [3.63, 3.8) is 0 Å². The van der Waals surface area contributed by atoms with Crippen LogP contribution in [0.5, 0.6) is 5.75 Å². The fraction of sp³-hybridized carbons (Fsp3) is 0.167. The summed E-state index contributed by atoms with van der Waals surface area (Å²) in [6.45, 7) is 3.87. The zero-order chi connectivity index (χ0) is 16.1. The number of rotatable bonds is 5. The second kappa shape index (κ2) is 6.89. The third-order valence-electron chi connectivity index (χ3n) is 2.95. The summed E-state index contributed by atoms with van der Waals surface area (Å²) in [4.78, 5) is 11.4. The summed E-state index contributed by atoms with van der Waals surface area (Å²) >= 11 is 0. The van der Waals surface area contributed by atoms with E-state index in [2.05, 4.69) is 0 Å². The fourth-order valence-electron chi connectivity index (χ4n) is 1.98. The predicted molar refractivity (Wildman–Crippen MR) is 84.1 cm³/mol. The molecule has 4 heteroatoms. The van der Waals surface area contributed by atoms with Gasteiger partial charge in [-0.1, -0.05) is 24.3 Å². The number of hydrogen-bond donors (Lipinski definition) is 1. The van der Waals surface area contributed by atoms with Gasteiger partial charge >= 0.3 is 5.97 Å². The van der Waals surface area contributed by atoms with E-state index in [1.165, 1.54) is 24.3 Å². The summed E-state index contributed by atoms with van der Waals surface area (Å²) in [6.07, 6.45) is 1.63. The van der Waals surface area contributed by atoms with E-state index in [1.807, 2.05) is 13.8 Å².